The summed E-state index contributed by atoms with van der Waals surface area (Å²) in [5.74, 6) is -1.79. The van der Waals surface area contributed by atoms with Crippen molar-refractivity contribution in [3.63, 3.8) is 0 Å². The van der Waals surface area contributed by atoms with Gasteiger partial charge < -0.3 is 14.8 Å². The van der Waals surface area contributed by atoms with Gasteiger partial charge in [-0.25, -0.2) is 4.39 Å². The van der Waals surface area contributed by atoms with E-state index in [1.54, 1.807) is 6.07 Å². The number of hydrogen-bond acceptors (Lipinski definition) is 4. The minimum Gasteiger partial charge on any atom is -0.493 e. The van der Waals surface area contributed by atoms with Gasteiger partial charge in [-0.3, -0.25) is 9.79 Å². The number of para-hydroxylation sites is 1. The van der Waals surface area contributed by atoms with Crippen molar-refractivity contribution in [2.45, 2.75) is 31.0 Å². The summed E-state index contributed by atoms with van der Waals surface area (Å²) in [6.45, 7) is 1.44. The zero-order valence-electron chi connectivity index (χ0n) is 16.7. The second kappa shape index (κ2) is 8.50. The van der Waals surface area contributed by atoms with Crippen LogP contribution in [-0.2, 0) is 0 Å². The van der Waals surface area contributed by atoms with Gasteiger partial charge in [0.2, 0.25) is 5.56 Å². The number of aliphatic hydroxyl groups is 1. The Morgan fingerprint density at radius 2 is 1.87 bits per heavy atom. The predicted molar refractivity (Wildman–Crippen MR) is 110 cm³/mol. The number of benzene rings is 2. The fourth-order valence-electron chi connectivity index (χ4n) is 3.41. The third kappa shape index (κ3) is 4.61. The Morgan fingerprint density at radius 1 is 1.16 bits per heavy atom. The Hall–Kier alpha value is -3.20. The molecule has 2 aromatic carbocycles. The molecule has 0 aliphatic heterocycles. The molecule has 31 heavy (non-hydrogen) atoms. The standard InChI is InChI=1S/C22H20F4N2O3/c1-13(14-5-3-6-16(23)20(14)31-2)11-21(30,22(24,25)26)12-27-17-7-4-8-18-15(17)9-10-19(29)28-18/h3-10,12-13,30H,11H2,1-2H3,(H,28,29)/b27-12+/t13-,21?/m1/s1. The summed E-state index contributed by atoms with van der Waals surface area (Å²) in [5.41, 5.74) is -2.91. The van der Waals surface area contributed by atoms with Crippen LogP contribution in [0.1, 0.15) is 24.8 Å². The summed E-state index contributed by atoms with van der Waals surface area (Å²) < 4.78 is 60.4. The normalized spacial score (nSPS) is 15.2. The minimum atomic E-state index is -5.04. The van der Waals surface area contributed by atoms with E-state index in [9.17, 15) is 27.5 Å². The Balaban J connectivity index is 1.99. The third-order valence-corrected chi connectivity index (χ3v) is 5.00. The largest absolute Gasteiger partial charge is 0.493 e. The molecule has 1 aromatic heterocycles. The Kier molecular flexibility index (Phi) is 6.17. The first-order valence-corrected chi connectivity index (χ1v) is 9.34. The molecule has 0 aliphatic carbocycles. The molecule has 9 heteroatoms. The maximum atomic E-state index is 14.0. The van der Waals surface area contributed by atoms with Gasteiger partial charge >= 0.3 is 6.18 Å². The second-order valence-corrected chi connectivity index (χ2v) is 7.21. The van der Waals surface area contributed by atoms with Crippen LogP contribution in [-0.4, -0.2) is 35.2 Å². The number of H-pyrrole nitrogens is 1. The number of halogens is 4. The lowest BCUT2D eigenvalue weighted by Gasteiger charge is -2.30. The van der Waals surface area contributed by atoms with Gasteiger partial charge in [0, 0.05) is 23.2 Å². The van der Waals surface area contributed by atoms with E-state index in [-0.39, 0.29) is 22.6 Å². The maximum Gasteiger partial charge on any atom is 0.422 e. The van der Waals surface area contributed by atoms with Crippen LogP contribution in [0.5, 0.6) is 5.75 Å². The highest BCUT2D eigenvalue weighted by atomic mass is 19.4. The molecular formula is C22H20F4N2O3. The molecule has 0 spiro atoms. The first kappa shape index (κ1) is 22.5. The van der Waals surface area contributed by atoms with Crippen LogP contribution in [0.4, 0.5) is 23.2 Å². The average Bonchev–Trinajstić information content (AvgIpc) is 2.70. The van der Waals surface area contributed by atoms with Crippen LogP contribution in [0.25, 0.3) is 10.9 Å². The number of nitrogens with zero attached hydrogens (tertiary/aromatic N) is 1. The summed E-state index contributed by atoms with van der Waals surface area (Å²) in [6, 6.07) is 11.2. The number of ether oxygens (including phenoxy) is 1. The van der Waals surface area contributed by atoms with Crippen molar-refractivity contribution in [1.29, 1.82) is 0 Å². The molecule has 0 saturated heterocycles. The number of pyridine rings is 1. The number of aliphatic imine (C=N–C) groups is 1. The second-order valence-electron chi connectivity index (χ2n) is 7.21. The smallest absolute Gasteiger partial charge is 0.422 e. The van der Waals surface area contributed by atoms with E-state index in [1.165, 1.54) is 50.4 Å². The predicted octanol–water partition coefficient (Wildman–Crippen LogP) is 4.87. The summed E-state index contributed by atoms with van der Waals surface area (Å²) in [6.07, 6.45) is -5.40. The highest BCUT2D eigenvalue weighted by Crippen LogP contribution is 2.40. The molecule has 5 nitrogen and oxygen atoms in total. The van der Waals surface area contributed by atoms with Gasteiger partial charge in [-0.15, -0.1) is 0 Å². The van der Waals surface area contributed by atoms with E-state index in [0.717, 1.165) is 6.07 Å². The summed E-state index contributed by atoms with van der Waals surface area (Å²) in [7, 11) is 1.22. The van der Waals surface area contributed by atoms with E-state index in [1.807, 2.05) is 0 Å². The Morgan fingerprint density at radius 3 is 2.55 bits per heavy atom. The van der Waals surface area contributed by atoms with Gasteiger partial charge in [-0.05, 0) is 36.6 Å². The van der Waals surface area contributed by atoms with E-state index in [4.69, 9.17) is 4.74 Å². The van der Waals surface area contributed by atoms with Crippen LogP contribution in [0.3, 0.4) is 0 Å². The van der Waals surface area contributed by atoms with Gasteiger partial charge in [-0.2, -0.15) is 13.2 Å². The molecule has 0 radical (unpaired) electrons. The molecule has 0 fully saturated rings. The average molecular weight is 436 g/mol. The fourth-order valence-corrected chi connectivity index (χ4v) is 3.41. The first-order valence-electron chi connectivity index (χ1n) is 9.34. The van der Waals surface area contributed by atoms with Gasteiger partial charge in [-0.1, -0.05) is 25.1 Å². The van der Waals surface area contributed by atoms with Crippen LogP contribution in [0.2, 0.25) is 0 Å². The zero-order chi connectivity index (χ0) is 22.8. The van der Waals surface area contributed by atoms with Crippen LogP contribution >= 0.6 is 0 Å². The SMILES string of the molecule is COc1c(F)cccc1[C@H](C)CC(O)(/C=N/c1cccc2[nH]c(=O)ccc12)C(F)(F)F. The molecule has 0 saturated carbocycles. The van der Waals surface area contributed by atoms with Crippen molar-refractivity contribution < 1.29 is 27.4 Å². The lowest BCUT2D eigenvalue weighted by Crippen LogP contribution is -2.47. The molecule has 1 unspecified atom stereocenters. The molecule has 2 N–H and O–H groups in total. The fraction of sp³-hybridized carbons (Fsp3) is 0.273. The first-order chi connectivity index (χ1) is 14.6. The van der Waals surface area contributed by atoms with Crippen molar-refractivity contribution in [2.24, 2.45) is 4.99 Å². The monoisotopic (exact) mass is 436 g/mol. The van der Waals surface area contributed by atoms with Crippen molar-refractivity contribution in [2.75, 3.05) is 7.11 Å². The number of alkyl halides is 3. The molecular weight excluding hydrogens is 416 g/mol. The molecule has 164 valence electrons. The van der Waals surface area contributed by atoms with E-state index < -0.39 is 29.9 Å². The highest BCUT2D eigenvalue weighted by Gasteiger charge is 2.53. The van der Waals surface area contributed by atoms with Crippen molar-refractivity contribution in [1.82, 2.24) is 4.98 Å². The molecule has 1 heterocycles. The van der Waals surface area contributed by atoms with Crippen molar-refractivity contribution >= 4 is 22.8 Å². The third-order valence-electron chi connectivity index (χ3n) is 5.00. The number of hydrogen-bond donors (Lipinski definition) is 2. The lowest BCUT2D eigenvalue weighted by atomic mass is 9.86. The number of rotatable bonds is 6. The van der Waals surface area contributed by atoms with Crippen LogP contribution in [0.15, 0.2) is 58.3 Å². The molecule has 3 rings (SSSR count). The van der Waals surface area contributed by atoms with Gasteiger partial charge in [0.15, 0.2) is 17.2 Å². The summed E-state index contributed by atoms with van der Waals surface area (Å²) in [4.78, 5) is 17.9. The topological polar surface area (TPSA) is 74.7 Å². The van der Waals surface area contributed by atoms with Crippen LogP contribution < -0.4 is 10.3 Å². The Bertz CT molecular complexity index is 1170. The quantitative estimate of drug-likeness (QED) is 0.428. The van der Waals surface area contributed by atoms with Gasteiger partial charge in [0.05, 0.1) is 18.3 Å². The summed E-state index contributed by atoms with van der Waals surface area (Å²) in [5, 5.41) is 10.9. The van der Waals surface area contributed by atoms with Gasteiger partial charge in [0.1, 0.15) is 0 Å². The number of fused-ring (bicyclic) bond motifs is 1. The van der Waals surface area contributed by atoms with Crippen molar-refractivity contribution in [3.05, 3.63) is 70.3 Å². The lowest BCUT2D eigenvalue weighted by molar-refractivity contribution is -0.231. The molecule has 0 aliphatic rings. The maximum absolute atomic E-state index is 14.0. The zero-order valence-corrected chi connectivity index (χ0v) is 16.7. The van der Waals surface area contributed by atoms with E-state index in [0.29, 0.717) is 17.1 Å². The number of methoxy groups -OCH3 is 1. The molecule has 0 amide bonds. The van der Waals surface area contributed by atoms with E-state index >= 15 is 0 Å². The summed E-state index contributed by atoms with van der Waals surface area (Å²) >= 11 is 0. The van der Waals surface area contributed by atoms with Gasteiger partial charge in [0.25, 0.3) is 0 Å². The molecule has 2 atom stereocenters. The molecule has 3 aromatic rings. The minimum absolute atomic E-state index is 0.146. The Labute approximate surface area is 175 Å². The number of nitrogens with one attached hydrogen (secondary N) is 1. The number of aromatic nitrogens is 1. The van der Waals surface area contributed by atoms with E-state index in [2.05, 4.69) is 9.98 Å². The molecule has 0 bridgehead atoms. The van der Waals surface area contributed by atoms with Crippen molar-refractivity contribution in [3.8, 4) is 5.75 Å². The van der Waals surface area contributed by atoms with Crippen LogP contribution in [0, 0.1) is 5.82 Å². The highest BCUT2D eigenvalue weighted by molar-refractivity contribution is 5.91. The number of aromatic amines is 1.